The summed E-state index contributed by atoms with van der Waals surface area (Å²) in [5.41, 5.74) is 0.0256. The number of nitrogens with zero attached hydrogens (tertiary/aromatic N) is 1. The number of carbonyl (C=O) groups excluding carboxylic acids is 2. The van der Waals surface area contributed by atoms with Gasteiger partial charge < -0.3 is 10.6 Å². The van der Waals surface area contributed by atoms with Crippen molar-refractivity contribution in [1.82, 2.24) is 15.5 Å². The number of carbonyl (C=O) groups is 2. The molecule has 0 aromatic heterocycles. The highest BCUT2D eigenvalue weighted by Gasteiger charge is 2.60. The zero-order valence-corrected chi connectivity index (χ0v) is 19.5. The lowest BCUT2D eigenvalue weighted by Crippen LogP contribution is -2.41. The van der Waals surface area contributed by atoms with Gasteiger partial charge in [0, 0.05) is 30.7 Å². The molecule has 0 radical (unpaired) electrons. The van der Waals surface area contributed by atoms with Crippen LogP contribution in [0, 0.1) is 29.6 Å². The summed E-state index contributed by atoms with van der Waals surface area (Å²) in [6.07, 6.45) is 4.61. The van der Waals surface area contributed by atoms with E-state index >= 15 is 0 Å². The van der Waals surface area contributed by atoms with Crippen molar-refractivity contribution in [3.63, 3.8) is 0 Å². The number of halogens is 3. The van der Waals surface area contributed by atoms with E-state index in [9.17, 15) is 22.8 Å². The molecule has 1 heterocycles. The van der Waals surface area contributed by atoms with Crippen LogP contribution in [0.5, 0.6) is 0 Å². The SMILES string of the molecule is C=C/C=C\C(=C/CC(F)(F)F)NC(=O)CNC(=O)C1[C@H]2CN(C3CCC(C(C)C)CC3)C[C@@H]12. The first-order valence-electron chi connectivity index (χ1n) is 12.0. The molecule has 0 aromatic carbocycles. The molecule has 2 aliphatic carbocycles. The molecule has 2 saturated carbocycles. The van der Waals surface area contributed by atoms with E-state index in [0.717, 1.165) is 31.0 Å². The van der Waals surface area contributed by atoms with E-state index in [-0.39, 0.29) is 24.1 Å². The fourth-order valence-electron chi connectivity index (χ4n) is 5.43. The molecular weight excluding hydrogens is 431 g/mol. The van der Waals surface area contributed by atoms with E-state index in [4.69, 9.17) is 0 Å². The number of fused-ring (bicyclic) bond motifs is 1. The maximum absolute atomic E-state index is 12.5. The van der Waals surface area contributed by atoms with Crippen LogP contribution in [-0.2, 0) is 9.59 Å². The first-order chi connectivity index (χ1) is 15.6. The first kappa shape index (κ1) is 25.5. The quantitative estimate of drug-likeness (QED) is 0.500. The van der Waals surface area contributed by atoms with Crippen LogP contribution in [-0.4, -0.2) is 48.6 Å². The summed E-state index contributed by atoms with van der Waals surface area (Å²) in [5.74, 6) is 1.55. The van der Waals surface area contributed by atoms with Gasteiger partial charge in [-0.1, -0.05) is 38.7 Å². The van der Waals surface area contributed by atoms with Crippen LogP contribution >= 0.6 is 0 Å². The number of hydrogen-bond donors (Lipinski definition) is 2. The number of piperidine rings is 1. The summed E-state index contributed by atoms with van der Waals surface area (Å²) in [7, 11) is 0. The van der Waals surface area contributed by atoms with Crippen LogP contribution in [0.15, 0.2) is 36.6 Å². The molecule has 1 aliphatic heterocycles. The van der Waals surface area contributed by atoms with Crippen molar-refractivity contribution in [1.29, 1.82) is 0 Å². The van der Waals surface area contributed by atoms with Crippen LogP contribution in [0.4, 0.5) is 13.2 Å². The summed E-state index contributed by atoms with van der Waals surface area (Å²) >= 11 is 0. The maximum Gasteiger partial charge on any atom is 0.392 e. The lowest BCUT2D eigenvalue weighted by molar-refractivity contribution is -0.127. The van der Waals surface area contributed by atoms with Gasteiger partial charge in [-0.25, -0.2) is 0 Å². The highest BCUT2D eigenvalue weighted by atomic mass is 19.4. The van der Waals surface area contributed by atoms with Gasteiger partial charge in [0.25, 0.3) is 0 Å². The predicted molar refractivity (Wildman–Crippen MR) is 122 cm³/mol. The van der Waals surface area contributed by atoms with Crippen molar-refractivity contribution < 1.29 is 22.8 Å². The Labute approximate surface area is 194 Å². The molecule has 0 bridgehead atoms. The van der Waals surface area contributed by atoms with Gasteiger partial charge in [-0.3, -0.25) is 14.5 Å². The summed E-state index contributed by atoms with van der Waals surface area (Å²) < 4.78 is 37.4. The topological polar surface area (TPSA) is 61.4 Å². The smallest absolute Gasteiger partial charge is 0.347 e. The standard InChI is InChI=1S/C25H36F3N3O2/c1-4-5-6-18(11-12-25(26,27)28)30-22(32)13-29-24(33)23-20-14-31(15-21(20)23)19-9-7-17(8-10-19)16(2)3/h4-6,11,16-17,19-21,23H,1,7-10,12-15H2,2-3H3,(H,29,33)(H,30,32)/b6-5-,18-11+/t17?,19?,20-,21+,23?. The van der Waals surface area contributed by atoms with Crippen LogP contribution in [0.25, 0.3) is 0 Å². The summed E-state index contributed by atoms with van der Waals surface area (Å²) in [4.78, 5) is 27.2. The molecule has 5 nitrogen and oxygen atoms in total. The molecule has 184 valence electrons. The molecule has 33 heavy (non-hydrogen) atoms. The molecule has 3 atom stereocenters. The van der Waals surface area contributed by atoms with E-state index < -0.39 is 18.5 Å². The lowest BCUT2D eigenvalue weighted by atomic mass is 9.79. The largest absolute Gasteiger partial charge is 0.392 e. The Morgan fingerprint density at radius 3 is 2.30 bits per heavy atom. The maximum atomic E-state index is 12.5. The molecule has 1 unspecified atom stereocenters. The lowest BCUT2D eigenvalue weighted by Gasteiger charge is -2.37. The number of nitrogens with one attached hydrogen (secondary N) is 2. The zero-order valence-electron chi connectivity index (χ0n) is 19.5. The van der Waals surface area contributed by atoms with Crippen LogP contribution in [0.3, 0.4) is 0 Å². The van der Waals surface area contributed by atoms with Gasteiger partial charge in [0.1, 0.15) is 0 Å². The monoisotopic (exact) mass is 467 g/mol. The third-order valence-electron chi connectivity index (χ3n) is 7.40. The second-order valence-electron chi connectivity index (χ2n) is 9.96. The molecule has 3 fully saturated rings. The molecule has 1 saturated heterocycles. The van der Waals surface area contributed by atoms with Gasteiger partial charge >= 0.3 is 6.18 Å². The van der Waals surface area contributed by atoms with Gasteiger partial charge in [0.15, 0.2) is 0 Å². The van der Waals surface area contributed by atoms with Gasteiger partial charge in [-0.05, 0) is 55.4 Å². The minimum absolute atomic E-state index is 0.0256. The third-order valence-corrected chi connectivity index (χ3v) is 7.40. The molecule has 3 rings (SSSR count). The van der Waals surface area contributed by atoms with E-state index in [1.165, 1.54) is 43.9 Å². The molecule has 2 amide bonds. The van der Waals surface area contributed by atoms with Crippen LogP contribution < -0.4 is 10.6 Å². The minimum atomic E-state index is -4.36. The van der Waals surface area contributed by atoms with Gasteiger partial charge in [-0.15, -0.1) is 0 Å². The summed E-state index contributed by atoms with van der Waals surface area (Å²) in [5, 5.41) is 5.07. The second kappa shape index (κ2) is 10.9. The number of hydrogen-bond acceptors (Lipinski definition) is 3. The first-order valence-corrected chi connectivity index (χ1v) is 12.0. The fourth-order valence-corrected chi connectivity index (χ4v) is 5.43. The van der Waals surface area contributed by atoms with E-state index in [1.54, 1.807) is 0 Å². The highest BCUT2D eigenvalue weighted by Crippen LogP contribution is 2.53. The van der Waals surface area contributed by atoms with Crippen LogP contribution in [0.1, 0.15) is 46.0 Å². The molecule has 0 aromatic rings. The van der Waals surface area contributed by atoms with E-state index in [2.05, 4.69) is 36.0 Å². The molecule has 8 heteroatoms. The number of alkyl halides is 3. The van der Waals surface area contributed by atoms with Crippen molar-refractivity contribution in [3.05, 3.63) is 36.6 Å². The zero-order chi connectivity index (χ0) is 24.2. The van der Waals surface area contributed by atoms with E-state index in [0.29, 0.717) is 17.9 Å². The summed E-state index contributed by atoms with van der Waals surface area (Å²) in [6, 6.07) is 0.632. The minimum Gasteiger partial charge on any atom is -0.347 e. The number of amides is 2. The highest BCUT2D eigenvalue weighted by molar-refractivity contribution is 5.88. The molecular formula is C25H36F3N3O2. The van der Waals surface area contributed by atoms with Crippen molar-refractivity contribution in [2.24, 2.45) is 29.6 Å². The van der Waals surface area contributed by atoms with E-state index in [1.807, 2.05) is 0 Å². The fraction of sp³-hybridized carbons (Fsp3) is 0.680. The second-order valence-corrected chi connectivity index (χ2v) is 9.96. The van der Waals surface area contributed by atoms with Crippen molar-refractivity contribution in [2.75, 3.05) is 19.6 Å². The molecule has 0 spiro atoms. The summed E-state index contributed by atoms with van der Waals surface area (Å²) in [6.45, 7) is 9.71. The molecule has 3 aliphatic rings. The van der Waals surface area contributed by atoms with Gasteiger partial charge in [-0.2, -0.15) is 13.2 Å². The van der Waals surface area contributed by atoms with Crippen molar-refractivity contribution >= 4 is 11.8 Å². The Balaban J connectivity index is 1.39. The van der Waals surface area contributed by atoms with Crippen molar-refractivity contribution in [2.45, 2.75) is 58.2 Å². The average Bonchev–Trinajstić information content (AvgIpc) is 3.26. The Hall–Kier alpha value is -2.09. The van der Waals surface area contributed by atoms with Gasteiger partial charge in [0.2, 0.25) is 11.8 Å². The average molecular weight is 468 g/mol. The predicted octanol–water partition coefficient (Wildman–Crippen LogP) is 4.19. The normalized spacial score (nSPS) is 30.4. The Morgan fingerprint density at radius 2 is 1.76 bits per heavy atom. The Bertz CT molecular complexity index is 770. The Kier molecular flexibility index (Phi) is 8.43. The van der Waals surface area contributed by atoms with Crippen molar-refractivity contribution in [3.8, 4) is 0 Å². The Morgan fingerprint density at radius 1 is 1.12 bits per heavy atom. The van der Waals surface area contributed by atoms with Crippen LogP contribution in [0.2, 0.25) is 0 Å². The molecule has 2 N–H and O–H groups in total. The van der Waals surface area contributed by atoms with Gasteiger partial charge in [0.05, 0.1) is 13.0 Å². The number of rotatable bonds is 9. The number of likely N-dealkylation sites (tertiary alicyclic amines) is 1. The number of allylic oxidation sites excluding steroid dienone is 4. The third kappa shape index (κ3) is 7.19.